The molecule has 1 aromatic carbocycles. The van der Waals surface area contributed by atoms with Crippen molar-refractivity contribution in [2.75, 3.05) is 0 Å². The molecule has 2 heteroatoms. The Morgan fingerprint density at radius 1 is 1.20 bits per heavy atom. The summed E-state index contributed by atoms with van der Waals surface area (Å²) >= 11 is 1.86. The summed E-state index contributed by atoms with van der Waals surface area (Å²) in [4.78, 5) is 4.72. The van der Waals surface area contributed by atoms with Crippen LogP contribution in [0.2, 0.25) is 0 Å². The van der Waals surface area contributed by atoms with Crippen molar-refractivity contribution in [2.45, 2.75) is 25.2 Å². The van der Waals surface area contributed by atoms with Crippen LogP contribution in [0, 0.1) is 0 Å². The monoisotopic (exact) mass is 215 g/mol. The minimum Gasteiger partial charge on any atom is -0.241 e. The minimum atomic E-state index is 0.660. The fourth-order valence-electron chi connectivity index (χ4n) is 2.08. The molecule has 3 rings (SSSR count). The van der Waals surface area contributed by atoms with E-state index in [1.807, 2.05) is 11.3 Å². The first-order valence-corrected chi connectivity index (χ1v) is 6.25. The molecule has 1 aliphatic rings. The molecule has 0 bridgehead atoms. The predicted molar refractivity (Wildman–Crippen MR) is 65.4 cm³/mol. The van der Waals surface area contributed by atoms with Gasteiger partial charge in [0.15, 0.2) is 0 Å². The van der Waals surface area contributed by atoms with Gasteiger partial charge < -0.3 is 0 Å². The second kappa shape index (κ2) is 3.78. The summed E-state index contributed by atoms with van der Waals surface area (Å²) in [6.07, 6.45) is 8.21. The van der Waals surface area contributed by atoms with Gasteiger partial charge in [-0.05, 0) is 31.4 Å². The largest absolute Gasteiger partial charge is 0.241 e. The van der Waals surface area contributed by atoms with Crippen molar-refractivity contribution < 1.29 is 0 Å². The van der Waals surface area contributed by atoms with Crippen LogP contribution in [0.1, 0.15) is 30.2 Å². The predicted octanol–water partition coefficient (Wildman–Crippen LogP) is 4.12. The molecule has 0 aliphatic heterocycles. The van der Waals surface area contributed by atoms with E-state index in [4.69, 9.17) is 4.98 Å². The van der Waals surface area contributed by atoms with Gasteiger partial charge in [0, 0.05) is 5.92 Å². The van der Waals surface area contributed by atoms with Gasteiger partial charge in [-0.3, -0.25) is 0 Å². The maximum atomic E-state index is 4.72. The summed E-state index contributed by atoms with van der Waals surface area (Å²) in [5.74, 6) is 0.660. The van der Waals surface area contributed by atoms with E-state index in [9.17, 15) is 0 Å². The third-order valence-corrected chi connectivity index (χ3v) is 4.13. The molecule has 0 N–H and O–H groups in total. The first-order valence-electron chi connectivity index (χ1n) is 5.44. The standard InChI is InChI=1S/C13H13NS/c1-2-6-10(7-3-1)13-14-11-8-4-5-9-12(11)15-13/h1-2,4-5,8-10H,3,6-7H2/t10-/m0/s1. The first-order chi connectivity index (χ1) is 7.43. The van der Waals surface area contributed by atoms with Crippen molar-refractivity contribution in [3.05, 3.63) is 41.4 Å². The summed E-state index contributed by atoms with van der Waals surface area (Å²) in [6.45, 7) is 0. The first kappa shape index (κ1) is 9.10. The number of aromatic nitrogens is 1. The van der Waals surface area contributed by atoms with Gasteiger partial charge in [-0.2, -0.15) is 0 Å². The SMILES string of the molecule is C1=CC[C@H](c2nc3ccccc3s2)CC1. The summed E-state index contributed by atoms with van der Waals surface area (Å²) in [6, 6.07) is 8.42. The molecule has 0 spiro atoms. The van der Waals surface area contributed by atoms with Crippen LogP contribution in [0.4, 0.5) is 0 Å². The Labute approximate surface area is 93.5 Å². The Hall–Kier alpha value is -1.15. The molecular weight excluding hydrogens is 202 g/mol. The lowest BCUT2D eigenvalue weighted by Gasteiger charge is -2.14. The number of rotatable bonds is 1. The normalized spacial score (nSPS) is 20.9. The minimum absolute atomic E-state index is 0.660. The highest BCUT2D eigenvalue weighted by Crippen LogP contribution is 2.34. The van der Waals surface area contributed by atoms with E-state index in [1.165, 1.54) is 29.0 Å². The van der Waals surface area contributed by atoms with Crippen molar-refractivity contribution in [2.24, 2.45) is 0 Å². The third-order valence-electron chi connectivity index (χ3n) is 2.93. The highest BCUT2D eigenvalue weighted by atomic mass is 32.1. The summed E-state index contributed by atoms with van der Waals surface area (Å²) in [5.41, 5.74) is 1.16. The van der Waals surface area contributed by atoms with Crippen molar-refractivity contribution in [1.29, 1.82) is 0 Å². The van der Waals surface area contributed by atoms with E-state index in [-0.39, 0.29) is 0 Å². The second-order valence-corrected chi connectivity index (χ2v) is 5.06. The van der Waals surface area contributed by atoms with Gasteiger partial charge in [0.25, 0.3) is 0 Å². The number of hydrogen-bond donors (Lipinski definition) is 0. The van der Waals surface area contributed by atoms with Gasteiger partial charge in [-0.25, -0.2) is 4.98 Å². The van der Waals surface area contributed by atoms with E-state index in [0.717, 1.165) is 5.52 Å². The molecule has 1 heterocycles. The van der Waals surface area contributed by atoms with Gasteiger partial charge in [-0.1, -0.05) is 24.3 Å². The molecule has 1 atom stereocenters. The van der Waals surface area contributed by atoms with Crippen molar-refractivity contribution in [3.63, 3.8) is 0 Å². The Morgan fingerprint density at radius 3 is 2.93 bits per heavy atom. The third kappa shape index (κ3) is 1.70. The highest BCUT2D eigenvalue weighted by Gasteiger charge is 2.16. The van der Waals surface area contributed by atoms with Gasteiger partial charge in [0.1, 0.15) is 0 Å². The van der Waals surface area contributed by atoms with Crippen LogP contribution in [0.5, 0.6) is 0 Å². The average Bonchev–Trinajstić information content (AvgIpc) is 2.74. The number of fused-ring (bicyclic) bond motifs is 1. The molecule has 0 fully saturated rings. The van der Waals surface area contributed by atoms with E-state index in [2.05, 4.69) is 36.4 Å². The number of para-hydroxylation sites is 1. The van der Waals surface area contributed by atoms with Crippen LogP contribution in [0.25, 0.3) is 10.2 Å². The van der Waals surface area contributed by atoms with E-state index >= 15 is 0 Å². The number of nitrogens with zero attached hydrogens (tertiary/aromatic N) is 1. The number of benzene rings is 1. The Balaban J connectivity index is 2.00. The number of allylic oxidation sites excluding steroid dienone is 2. The van der Waals surface area contributed by atoms with Crippen molar-refractivity contribution in [3.8, 4) is 0 Å². The Bertz CT molecular complexity index is 465. The number of hydrogen-bond acceptors (Lipinski definition) is 2. The highest BCUT2D eigenvalue weighted by molar-refractivity contribution is 7.18. The number of thiazole rings is 1. The molecule has 76 valence electrons. The topological polar surface area (TPSA) is 12.9 Å². The van der Waals surface area contributed by atoms with Gasteiger partial charge in [0.2, 0.25) is 0 Å². The van der Waals surface area contributed by atoms with Crippen molar-refractivity contribution in [1.82, 2.24) is 4.98 Å². The summed E-state index contributed by atoms with van der Waals surface area (Å²) in [7, 11) is 0. The average molecular weight is 215 g/mol. The van der Waals surface area contributed by atoms with Crippen LogP contribution >= 0.6 is 11.3 Å². The van der Waals surface area contributed by atoms with Gasteiger partial charge in [-0.15, -0.1) is 11.3 Å². The van der Waals surface area contributed by atoms with Crippen LogP contribution in [0.3, 0.4) is 0 Å². The van der Waals surface area contributed by atoms with Crippen molar-refractivity contribution >= 4 is 21.6 Å². The van der Waals surface area contributed by atoms with E-state index in [1.54, 1.807) is 0 Å². The smallest absolute Gasteiger partial charge is 0.0972 e. The lowest BCUT2D eigenvalue weighted by atomic mass is 9.95. The molecule has 0 amide bonds. The molecule has 0 saturated carbocycles. The zero-order chi connectivity index (χ0) is 10.1. The van der Waals surface area contributed by atoms with Crippen LogP contribution in [-0.2, 0) is 0 Å². The molecule has 0 saturated heterocycles. The molecule has 1 aliphatic carbocycles. The molecule has 1 nitrogen and oxygen atoms in total. The van der Waals surface area contributed by atoms with Gasteiger partial charge >= 0.3 is 0 Å². The molecule has 0 unspecified atom stereocenters. The lowest BCUT2D eigenvalue weighted by Crippen LogP contribution is -1.99. The van der Waals surface area contributed by atoms with E-state index in [0.29, 0.717) is 5.92 Å². The van der Waals surface area contributed by atoms with Crippen LogP contribution in [0.15, 0.2) is 36.4 Å². The fourth-order valence-corrected chi connectivity index (χ4v) is 3.20. The fraction of sp³-hybridized carbons (Fsp3) is 0.308. The quantitative estimate of drug-likeness (QED) is 0.652. The zero-order valence-electron chi connectivity index (χ0n) is 8.52. The maximum absolute atomic E-state index is 4.72. The second-order valence-electron chi connectivity index (χ2n) is 4.00. The summed E-state index contributed by atoms with van der Waals surface area (Å²) in [5, 5.41) is 1.32. The molecule has 2 aromatic rings. The lowest BCUT2D eigenvalue weighted by molar-refractivity contribution is 0.614. The molecule has 0 radical (unpaired) electrons. The van der Waals surface area contributed by atoms with E-state index < -0.39 is 0 Å². The molecular formula is C13H13NS. The van der Waals surface area contributed by atoms with Gasteiger partial charge in [0.05, 0.1) is 15.2 Å². The van der Waals surface area contributed by atoms with Crippen LogP contribution in [-0.4, -0.2) is 4.98 Å². The molecule has 1 aromatic heterocycles. The van der Waals surface area contributed by atoms with Crippen LogP contribution < -0.4 is 0 Å². The Morgan fingerprint density at radius 2 is 2.13 bits per heavy atom. The zero-order valence-corrected chi connectivity index (χ0v) is 9.33. The molecule has 15 heavy (non-hydrogen) atoms. The summed E-state index contributed by atoms with van der Waals surface area (Å²) < 4.78 is 1.32. The Kier molecular flexibility index (Phi) is 2.29. The maximum Gasteiger partial charge on any atom is 0.0972 e.